The van der Waals surface area contributed by atoms with Crippen LogP contribution in [0.15, 0.2) is 12.1 Å². The third-order valence-electron chi connectivity index (χ3n) is 4.06. The van der Waals surface area contributed by atoms with Gasteiger partial charge in [-0.15, -0.1) is 0 Å². The van der Waals surface area contributed by atoms with Crippen LogP contribution >= 0.6 is 0 Å². The van der Waals surface area contributed by atoms with Crippen LogP contribution < -0.4 is 10.1 Å². The van der Waals surface area contributed by atoms with Gasteiger partial charge in [0.05, 0.1) is 6.61 Å². The number of carbonyl (C=O) groups is 1. The smallest absolute Gasteiger partial charge is 0.256 e. The minimum Gasteiger partial charge on any atom is -0.493 e. The standard InChI is InChI=1S/C20H33NO3/c1-8-10-24-20(7,9-2)19(22)21-17-11-15(5)18(16(6)12-17)23-13-14(3)4/h11-12,14H,8-10,13H2,1-7H3,(H,21,22)/t20-/m1/s1. The van der Waals surface area contributed by atoms with Gasteiger partial charge in [-0.25, -0.2) is 0 Å². The number of carbonyl (C=O) groups excluding carboxylic acids is 1. The number of rotatable bonds is 9. The third-order valence-corrected chi connectivity index (χ3v) is 4.06. The van der Waals surface area contributed by atoms with Crippen LogP contribution in [0.25, 0.3) is 0 Å². The van der Waals surface area contributed by atoms with Gasteiger partial charge >= 0.3 is 0 Å². The average molecular weight is 335 g/mol. The molecule has 1 aromatic rings. The van der Waals surface area contributed by atoms with Gasteiger partial charge in [-0.05, 0) is 62.8 Å². The topological polar surface area (TPSA) is 47.6 Å². The molecule has 0 unspecified atom stereocenters. The summed E-state index contributed by atoms with van der Waals surface area (Å²) in [5.74, 6) is 1.28. The van der Waals surface area contributed by atoms with Gasteiger partial charge in [0.25, 0.3) is 5.91 Å². The first-order valence-electron chi connectivity index (χ1n) is 8.93. The number of ether oxygens (including phenoxy) is 2. The lowest BCUT2D eigenvalue weighted by molar-refractivity contribution is -0.139. The third kappa shape index (κ3) is 5.52. The van der Waals surface area contributed by atoms with E-state index in [1.165, 1.54) is 0 Å². The highest BCUT2D eigenvalue weighted by molar-refractivity contribution is 5.97. The van der Waals surface area contributed by atoms with Gasteiger partial charge in [0, 0.05) is 12.3 Å². The molecule has 0 aliphatic rings. The summed E-state index contributed by atoms with van der Waals surface area (Å²) in [5, 5.41) is 3.00. The van der Waals surface area contributed by atoms with E-state index in [1.807, 2.05) is 46.8 Å². The molecule has 0 fully saturated rings. The highest BCUT2D eigenvalue weighted by Gasteiger charge is 2.32. The monoisotopic (exact) mass is 335 g/mol. The Labute approximate surface area is 146 Å². The molecule has 4 heteroatoms. The number of amides is 1. The molecule has 1 atom stereocenters. The summed E-state index contributed by atoms with van der Waals surface area (Å²) in [7, 11) is 0. The molecule has 1 aromatic carbocycles. The molecule has 4 nitrogen and oxygen atoms in total. The Balaban J connectivity index is 2.90. The van der Waals surface area contributed by atoms with Crippen LogP contribution in [0, 0.1) is 19.8 Å². The SMILES string of the molecule is CCCO[C@](C)(CC)C(=O)Nc1cc(C)c(OCC(C)C)c(C)c1. The predicted octanol–water partition coefficient (Wildman–Crippen LogP) is 4.87. The van der Waals surface area contributed by atoms with Crippen molar-refractivity contribution in [3.63, 3.8) is 0 Å². The molecule has 0 aromatic heterocycles. The lowest BCUT2D eigenvalue weighted by atomic mass is 10.0. The normalized spacial score (nSPS) is 13.7. The van der Waals surface area contributed by atoms with Crippen LogP contribution in [-0.2, 0) is 9.53 Å². The second kappa shape index (κ2) is 9.07. The fourth-order valence-electron chi connectivity index (χ4n) is 2.42. The van der Waals surface area contributed by atoms with Gasteiger partial charge in [-0.3, -0.25) is 4.79 Å². The zero-order valence-electron chi connectivity index (χ0n) is 16.3. The minimum absolute atomic E-state index is 0.104. The van der Waals surface area contributed by atoms with E-state index in [0.29, 0.717) is 25.6 Å². The van der Waals surface area contributed by atoms with Crippen molar-refractivity contribution in [2.45, 2.75) is 66.9 Å². The van der Waals surface area contributed by atoms with Crippen LogP contribution in [0.3, 0.4) is 0 Å². The lowest BCUT2D eigenvalue weighted by Crippen LogP contribution is -2.42. The second-order valence-electron chi connectivity index (χ2n) is 7.03. The van der Waals surface area contributed by atoms with Crippen molar-refractivity contribution in [2.75, 3.05) is 18.5 Å². The molecule has 24 heavy (non-hydrogen) atoms. The van der Waals surface area contributed by atoms with E-state index in [4.69, 9.17) is 9.47 Å². The first-order valence-corrected chi connectivity index (χ1v) is 8.93. The molecule has 1 rings (SSSR count). The molecular weight excluding hydrogens is 302 g/mol. The number of anilines is 1. The van der Waals surface area contributed by atoms with Gasteiger partial charge < -0.3 is 14.8 Å². The molecule has 0 saturated carbocycles. The predicted molar refractivity (Wildman–Crippen MR) is 99.8 cm³/mol. The van der Waals surface area contributed by atoms with Gasteiger partial charge in [0.15, 0.2) is 0 Å². The molecule has 1 N–H and O–H groups in total. The van der Waals surface area contributed by atoms with E-state index < -0.39 is 5.60 Å². The summed E-state index contributed by atoms with van der Waals surface area (Å²) < 4.78 is 11.7. The average Bonchev–Trinajstić information content (AvgIpc) is 2.51. The Kier molecular flexibility index (Phi) is 7.74. The first kappa shape index (κ1) is 20.5. The molecule has 0 heterocycles. The molecular formula is C20H33NO3. The largest absolute Gasteiger partial charge is 0.493 e. The molecule has 0 radical (unpaired) electrons. The quantitative estimate of drug-likeness (QED) is 0.700. The van der Waals surface area contributed by atoms with Crippen LogP contribution in [0.5, 0.6) is 5.75 Å². The lowest BCUT2D eigenvalue weighted by Gasteiger charge is -2.27. The fraction of sp³-hybridized carbons (Fsp3) is 0.650. The van der Waals surface area contributed by atoms with Crippen molar-refractivity contribution in [1.82, 2.24) is 0 Å². The van der Waals surface area contributed by atoms with Crippen LogP contribution in [0.4, 0.5) is 5.69 Å². The van der Waals surface area contributed by atoms with Crippen LogP contribution in [0.2, 0.25) is 0 Å². The van der Waals surface area contributed by atoms with E-state index in [0.717, 1.165) is 29.0 Å². The Morgan fingerprint density at radius 1 is 1.21 bits per heavy atom. The fourth-order valence-corrected chi connectivity index (χ4v) is 2.42. The Morgan fingerprint density at radius 3 is 2.25 bits per heavy atom. The number of hydrogen-bond donors (Lipinski definition) is 1. The maximum Gasteiger partial charge on any atom is 0.256 e. The van der Waals surface area contributed by atoms with E-state index >= 15 is 0 Å². The van der Waals surface area contributed by atoms with Crippen molar-refractivity contribution >= 4 is 11.6 Å². The summed E-state index contributed by atoms with van der Waals surface area (Å²) in [6.45, 7) is 15.4. The van der Waals surface area contributed by atoms with E-state index in [1.54, 1.807) is 0 Å². The molecule has 0 bridgehead atoms. The molecule has 0 aliphatic carbocycles. The van der Waals surface area contributed by atoms with Crippen molar-refractivity contribution in [2.24, 2.45) is 5.92 Å². The summed E-state index contributed by atoms with van der Waals surface area (Å²) in [6, 6.07) is 3.91. The summed E-state index contributed by atoms with van der Waals surface area (Å²) >= 11 is 0. The molecule has 0 saturated heterocycles. The van der Waals surface area contributed by atoms with Crippen molar-refractivity contribution < 1.29 is 14.3 Å². The maximum atomic E-state index is 12.6. The minimum atomic E-state index is -0.801. The highest BCUT2D eigenvalue weighted by Crippen LogP contribution is 2.28. The van der Waals surface area contributed by atoms with E-state index in [2.05, 4.69) is 19.2 Å². The van der Waals surface area contributed by atoms with Gasteiger partial charge in [0.2, 0.25) is 0 Å². The van der Waals surface area contributed by atoms with Crippen LogP contribution in [0.1, 0.15) is 58.6 Å². The van der Waals surface area contributed by atoms with Crippen LogP contribution in [-0.4, -0.2) is 24.7 Å². The van der Waals surface area contributed by atoms with Crippen molar-refractivity contribution in [3.05, 3.63) is 23.3 Å². The van der Waals surface area contributed by atoms with E-state index in [9.17, 15) is 4.79 Å². The van der Waals surface area contributed by atoms with Gasteiger partial charge in [-0.1, -0.05) is 27.7 Å². The highest BCUT2D eigenvalue weighted by atomic mass is 16.5. The summed E-state index contributed by atoms with van der Waals surface area (Å²) in [4.78, 5) is 12.6. The molecule has 136 valence electrons. The summed E-state index contributed by atoms with van der Waals surface area (Å²) in [6.07, 6.45) is 1.52. The first-order chi connectivity index (χ1) is 11.2. The van der Waals surface area contributed by atoms with E-state index in [-0.39, 0.29) is 5.91 Å². The molecule has 0 spiro atoms. The zero-order valence-corrected chi connectivity index (χ0v) is 16.3. The number of hydrogen-bond acceptors (Lipinski definition) is 3. The summed E-state index contributed by atoms with van der Waals surface area (Å²) in [5.41, 5.74) is 2.04. The molecule has 1 amide bonds. The Hall–Kier alpha value is -1.55. The number of benzene rings is 1. The Morgan fingerprint density at radius 2 is 1.79 bits per heavy atom. The Bertz CT molecular complexity index is 531. The van der Waals surface area contributed by atoms with Crippen molar-refractivity contribution in [1.29, 1.82) is 0 Å². The number of nitrogens with one attached hydrogen (secondary N) is 1. The van der Waals surface area contributed by atoms with Gasteiger partial charge in [-0.2, -0.15) is 0 Å². The second-order valence-corrected chi connectivity index (χ2v) is 7.03. The van der Waals surface area contributed by atoms with Gasteiger partial charge in [0.1, 0.15) is 11.4 Å². The molecule has 0 aliphatic heterocycles. The number of aryl methyl sites for hydroxylation is 2. The maximum absolute atomic E-state index is 12.6. The zero-order chi connectivity index (χ0) is 18.3. The van der Waals surface area contributed by atoms with Crippen molar-refractivity contribution in [3.8, 4) is 5.75 Å².